The number of fused-ring (bicyclic) bond motifs is 1. The van der Waals surface area contributed by atoms with Crippen molar-refractivity contribution in [2.45, 2.75) is 38.1 Å². The first-order valence-electron chi connectivity index (χ1n) is 6.24. The Morgan fingerprint density at radius 1 is 1.41 bits per heavy atom. The maximum atomic E-state index is 11.7. The number of halogens is 1. The van der Waals surface area contributed by atoms with Crippen LogP contribution < -0.4 is 5.32 Å². The number of hydrogen-bond donors (Lipinski definition) is 1. The molecule has 0 fully saturated rings. The number of hydrogen-bond acceptors (Lipinski definition) is 1. The summed E-state index contributed by atoms with van der Waals surface area (Å²) >= 11 is 5.59. The molecule has 0 aromatic heterocycles. The highest BCUT2D eigenvalue weighted by atomic mass is 35.5. The second-order valence-electron chi connectivity index (χ2n) is 4.50. The van der Waals surface area contributed by atoms with Crippen LogP contribution in [0.3, 0.4) is 0 Å². The molecule has 0 spiro atoms. The molecule has 1 aromatic rings. The maximum absolute atomic E-state index is 11.7. The average molecular weight is 252 g/mol. The van der Waals surface area contributed by atoms with E-state index in [1.54, 1.807) is 0 Å². The molecule has 0 saturated heterocycles. The third-order valence-corrected chi connectivity index (χ3v) is 3.51. The third-order valence-electron chi connectivity index (χ3n) is 3.24. The summed E-state index contributed by atoms with van der Waals surface area (Å²) in [5.74, 6) is 0.668. The largest absolute Gasteiger partial charge is 0.349 e. The monoisotopic (exact) mass is 251 g/mol. The fraction of sp³-hybridized carbons (Fsp3) is 0.500. The van der Waals surface area contributed by atoms with Crippen LogP contribution in [0.25, 0.3) is 0 Å². The molecule has 3 heteroatoms. The molecular formula is C14H18ClNO. The zero-order chi connectivity index (χ0) is 12.1. The first-order valence-corrected chi connectivity index (χ1v) is 6.78. The number of rotatable bonds is 4. The summed E-state index contributed by atoms with van der Waals surface area (Å²) in [6.07, 6.45) is 4.61. The Hall–Kier alpha value is -1.02. The number of aryl methyl sites for hydroxylation is 1. The Bertz CT molecular complexity index is 392. The molecule has 17 heavy (non-hydrogen) atoms. The molecule has 2 nitrogen and oxygen atoms in total. The van der Waals surface area contributed by atoms with Gasteiger partial charge in [0, 0.05) is 12.3 Å². The van der Waals surface area contributed by atoms with E-state index in [4.69, 9.17) is 11.6 Å². The summed E-state index contributed by atoms with van der Waals surface area (Å²) in [5, 5.41) is 3.11. The summed E-state index contributed by atoms with van der Waals surface area (Å²) in [6.45, 7) is 0. The van der Waals surface area contributed by atoms with Gasteiger partial charge in [0.2, 0.25) is 5.91 Å². The van der Waals surface area contributed by atoms with Gasteiger partial charge in [0.05, 0.1) is 6.04 Å². The quantitative estimate of drug-likeness (QED) is 0.818. The molecular weight excluding hydrogens is 234 g/mol. The summed E-state index contributed by atoms with van der Waals surface area (Å²) in [5.41, 5.74) is 2.67. The molecule has 1 aromatic carbocycles. The Labute approximate surface area is 107 Å². The standard InChI is InChI=1S/C14H18ClNO/c15-10-4-9-14(17)16-13-8-3-6-11-5-1-2-7-12(11)13/h1-2,5,7,13H,3-4,6,8-10H2,(H,16,17). The fourth-order valence-corrected chi connectivity index (χ4v) is 2.53. The summed E-state index contributed by atoms with van der Waals surface area (Å²) in [4.78, 5) is 11.7. The van der Waals surface area contributed by atoms with Gasteiger partial charge in [0.15, 0.2) is 0 Å². The van der Waals surface area contributed by atoms with E-state index >= 15 is 0 Å². The first kappa shape index (κ1) is 12.4. The van der Waals surface area contributed by atoms with Crippen molar-refractivity contribution in [3.8, 4) is 0 Å². The molecule has 2 rings (SSSR count). The van der Waals surface area contributed by atoms with Gasteiger partial charge in [-0.15, -0.1) is 11.6 Å². The van der Waals surface area contributed by atoms with E-state index in [2.05, 4.69) is 23.5 Å². The lowest BCUT2D eigenvalue weighted by Crippen LogP contribution is -2.30. The van der Waals surface area contributed by atoms with Crippen LogP contribution >= 0.6 is 11.6 Å². The van der Waals surface area contributed by atoms with E-state index in [1.807, 2.05) is 6.07 Å². The highest BCUT2D eigenvalue weighted by molar-refractivity contribution is 6.17. The van der Waals surface area contributed by atoms with Gasteiger partial charge in [-0.1, -0.05) is 24.3 Å². The Balaban J connectivity index is 2.01. The predicted molar refractivity (Wildman–Crippen MR) is 70.2 cm³/mol. The van der Waals surface area contributed by atoms with Gasteiger partial charge >= 0.3 is 0 Å². The van der Waals surface area contributed by atoms with Crippen molar-refractivity contribution in [2.24, 2.45) is 0 Å². The minimum atomic E-state index is 0.118. The molecule has 1 aliphatic carbocycles. The average Bonchev–Trinajstić information content (AvgIpc) is 2.37. The van der Waals surface area contributed by atoms with Gasteiger partial charge in [0.1, 0.15) is 0 Å². The highest BCUT2D eigenvalue weighted by Gasteiger charge is 2.20. The normalized spacial score (nSPS) is 18.5. The van der Waals surface area contributed by atoms with Crippen molar-refractivity contribution >= 4 is 17.5 Å². The van der Waals surface area contributed by atoms with E-state index in [0.717, 1.165) is 25.7 Å². The minimum Gasteiger partial charge on any atom is -0.349 e. The second-order valence-corrected chi connectivity index (χ2v) is 4.88. The third kappa shape index (κ3) is 3.22. The molecule has 1 aliphatic rings. The van der Waals surface area contributed by atoms with Gasteiger partial charge < -0.3 is 5.32 Å². The molecule has 1 N–H and O–H groups in total. The van der Waals surface area contributed by atoms with Gasteiger partial charge in [-0.05, 0) is 36.8 Å². The Morgan fingerprint density at radius 3 is 3.06 bits per heavy atom. The zero-order valence-corrected chi connectivity index (χ0v) is 10.7. The van der Waals surface area contributed by atoms with E-state index in [-0.39, 0.29) is 11.9 Å². The molecule has 0 bridgehead atoms. The highest BCUT2D eigenvalue weighted by Crippen LogP contribution is 2.29. The van der Waals surface area contributed by atoms with E-state index in [1.165, 1.54) is 11.1 Å². The predicted octanol–water partition coefficient (Wildman–Crippen LogP) is 3.20. The minimum absolute atomic E-state index is 0.118. The van der Waals surface area contributed by atoms with Crippen molar-refractivity contribution in [1.82, 2.24) is 5.32 Å². The molecule has 0 radical (unpaired) electrons. The summed E-state index contributed by atoms with van der Waals surface area (Å²) in [6, 6.07) is 8.59. The molecule has 0 saturated carbocycles. The fourth-order valence-electron chi connectivity index (χ4n) is 2.40. The molecule has 1 atom stereocenters. The van der Waals surface area contributed by atoms with Crippen molar-refractivity contribution in [3.05, 3.63) is 35.4 Å². The molecule has 0 heterocycles. The van der Waals surface area contributed by atoms with E-state index in [0.29, 0.717) is 12.3 Å². The second kappa shape index (κ2) is 6.06. The van der Waals surface area contributed by atoms with Crippen LogP contribution in [0.1, 0.15) is 42.9 Å². The van der Waals surface area contributed by atoms with Crippen LogP contribution in [0.15, 0.2) is 24.3 Å². The van der Waals surface area contributed by atoms with Crippen LogP contribution in [0.2, 0.25) is 0 Å². The first-order chi connectivity index (χ1) is 8.31. The van der Waals surface area contributed by atoms with Crippen molar-refractivity contribution in [1.29, 1.82) is 0 Å². The number of nitrogens with one attached hydrogen (secondary N) is 1. The molecule has 92 valence electrons. The van der Waals surface area contributed by atoms with E-state index in [9.17, 15) is 4.79 Å². The lowest BCUT2D eigenvalue weighted by atomic mass is 9.87. The van der Waals surface area contributed by atoms with Gasteiger partial charge in [-0.25, -0.2) is 0 Å². The lowest BCUT2D eigenvalue weighted by molar-refractivity contribution is -0.121. The number of alkyl halides is 1. The van der Waals surface area contributed by atoms with Crippen molar-refractivity contribution < 1.29 is 4.79 Å². The molecule has 1 amide bonds. The van der Waals surface area contributed by atoms with Crippen LogP contribution in [-0.2, 0) is 11.2 Å². The van der Waals surface area contributed by atoms with E-state index < -0.39 is 0 Å². The number of benzene rings is 1. The zero-order valence-electron chi connectivity index (χ0n) is 9.92. The van der Waals surface area contributed by atoms with Crippen molar-refractivity contribution in [2.75, 3.05) is 5.88 Å². The van der Waals surface area contributed by atoms with Crippen LogP contribution in [-0.4, -0.2) is 11.8 Å². The van der Waals surface area contributed by atoms with Crippen LogP contribution in [0.5, 0.6) is 0 Å². The SMILES string of the molecule is O=C(CCCCl)NC1CCCc2ccccc21. The Morgan fingerprint density at radius 2 is 2.24 bits per heavy atom. The lowest BCUT2D eigenvalue weighted by Gasteiger charge is -2.26. The maximum Gasteiger partial charge on any atom is 0.220 e. The topological polar surface area (TPSA) is 29.1 Å². The van der Waals surface area contributed by atoms with Crippen LogP contribution in [0, 0.1) is 0 Å². The number of carbonyl (C=O) groups is 1. The summed E-state index contributed by atoms with van der Waals surface area (Å²) < 4.78 is 0. The van der Waals surface area contributed by atoms with Crippen molar-refractivity contribution in [3.63, 3.8) is 0 Å². The molecule has 0 aliphatic heterocycles. The van der Waals surface area contributed by atoms with Gasteiger partial charge in [0.25, 0.3) is 0 Å². The smallest absolute Gasteiger partial charge is 0.220 e. The summed E-state index contributed by atoms with van der Waals surface area (Å²) in [7, 11) is 0. The van der Waals surface area contributed by atoms with Gasteiger partial charge in [-0.2, -0.15) is 0 Å². The number of amides is 1. The Kier molecular flexibility index (Phi) is 4.43. The van der Waals surface area contributed by atoms with Crippen LogP contribution in [0.4, 0.5) is 0 Å². The van der Waals surface area contributed by atoms with Gasteiger partial charge in [-0.3, -0.25) is 4.79 Å². The number of carbonyl (C=O) groups excluding carboxylic acids is 1. The molecule has 1 unspecified atom stereocenters.